The minimum absolute atomic E-state index is 0.803. The molecule has 1 N–H and O–H groups in total. The molecule has 108 valence electrons. The molecule has 0 saturated carbocycles. The standard InChI is InChI=1S/C18H19NOS/c1-2-19-12-16-8-9-17(20-16)13-21-18-10-7-14-5-3-4-6-15(14)11-18/h3-11,19H,2,12-13H2,1H3. The van der Waals surface area contributed by atoms with Crippen LogP contribution in [0.2, 0.25) is 0 Å². The fourth-order valence-corrected chi connectivity index (χ4v) is 3.09. The van der Waals surface area contributed by atoms with Gasteiger partial charge < -0.3 is 9.73 Å². The summed E-state index contributed by atoms with van der Waals surface area (Å²) in [6.07, 6.45) is 0. The number of hydrogen-bond acceptors (Lipinski definition) is 3. The van der Waals surface area contributed by atoms with Crippen LogP contribution in [0.25, 0.3) is 10.8 Å². The average molecular weight is 297 g/mol. The van der Waals surface area contributed by atoms with E-state index in [4.69, 9.17) is 4.42 Å². The maximum absolute atomic E-state index is 5.81. The van der Waals surface area contributed by atoms with Crippen molar-refractivity contribution in [3.05, 3.63) is 66.1 Å². The van der Waals surface area contributed by atoms with Crippen LogP contribution in [-0.4, -0.2) is 6.54 Å². The highest BCUT2D eigenvalue weighted by Gasteiger charge is 2.03. The van der Waals surface area contributed by atoms with Crippen molar-refractivity contribution in [2.24, 2.45) is 0 Å². The van der Waals surface area contributed by atoms with E-state index >= 15 is 0 Å². The molecule has 3 aromatic rings. The lowest BCUT2D eigenvalue weighted by Gasteiger charge is -2.03. The molecule has 1 aromatic heterocycles. The summed E-state index contributed by atoms with van der Waals surface area (Å²) in [5.41, 5.74) is 0. The van der Waals surface area contributed by atoms with Gasteiger partial charge in [0.15, 0.2) is 0 Å². The molecular formula is C18H19NOS. The van der Waals surface area contributed by atoms with E-state index < -0.39 is 0 Å². The van der Waals surface area contributed by atoms with Gasteiger partial charge in [-0.3, -0.25) is 0 Å². The Bertz CT molecular complexity index is 720. The van der Waals surface area contributed by atoms with Gasteiger partial charge in [0.25, 0.3) is 0 Å². The van der Waals surface area contributed by atoms with E-state index in [1.165, 1.54) is 15.7 Å². The average Bonchev–Trinajstić information content (AvgIpc) is 2.98. The van der Waals surface area contributed by atoms with Gasteiger partial charge in [-0.1, -0.05) is 37.3 Å². The van der Waals surface area contributed by atoms with Gasteiger partial charge in [0.1, 0.15) is 11.5 Å². The highest BCUT2D eigenvalue weighted by Crippen LogP contribution is 2.27. The molecule has 21 heavy (non-hydrogen) atoms. The number of nitrogens with one attached hydrogen (secondary N) is 1. The molecule has 0 unspecified atom stereocenters. The van der Waals surface area contributed by atoms with Crippen LogP contribution in [0.3, 0.4) is 0 Å². The molecule has 0 bridgehead atoms. The summed E-state index contributed by atoms with van der Waals surface area (Å²) < 4.78 is 5.81. The Morgan fingerprint density at radius 3 is 2.62 bits per heavy atom. The van der Waals surface area contributed by atoms with Crippen LogP contribution >= 0.6 is 11.8 Å². The van der Waals surface area contributed by atoms with Crippen LogP contribution in [0.4, 0.5) is 0 Å². The molecule has 3 rings (SSSR count). The van der Waals surface area contributed by atoms with Gasteiger partial charge in [0.2, 0.25) is 0 Å². The minimum atomic E-state index is 0.803. The van der Waals surface area contributed by atoms with Crippen LogP contribution in [0, 0.1) is 0 Å². The van der Waals surface area contributed by atoms with Gasteiger partial charge >= 0.3 is 0 Å². The summed E-state index contributed by atoms with van der Waals surface area (Å²) in [6.45, 7) is 3.86. The van der Waals surface area contributed by atoms with E-state index in [1.807, 2.05) is 11.8 Å². The normalized spacial score (nSPS) is 11.1. The zero-order valence-electron chi connectivity index (χ0n) is 12.1. The highest BCUT2D eigenvalue weighted by molar-refractivity contribution is 7.98. The van der Waals surface area contributed by atoms with Crippen LogP contribution < -0.4 is 5.32 Å². The predicted octanol–water partition coefficient (Wildman–Crippen LogP) is 4.83. The first-order valence-electron chi connectivity index (χ1n) is 7.25. The monoisotopic (exact) mass is 297 g/mol. The first kappa shape index (κ1) is 14.2. The van der Waals surface area contributed by atoms with Crippen LogP contribution in [0.1, 0.15) is 18.4 Å². The Balaban J connectivity index is 1.64. The minimum Gasteiger partial charge on any atom is -0.464 e. The molecule has 0 aliphatic rings. The molecule has 0 fully saturated rings. The number of rotatable bonds is 6. The third-order valence-electron chi connectivity index (χ3n) is 3.37. The molecule has 0 spiro atoms. The first-order valence-corrected chi connectivity index (χ1v) is 8.23. The van der Waals surface area contributed by atoms with Crippen molar-refractivity contribution in [1.29, 1.82) is 0 Å². The van der Waals surface area contributed by atoms with Gasteiger partial charge in [-0.25, -0.2) is 0 Å². The molecule has 0 amide bonds. The lowest BCUT2D eigenvalue weighted by Crippen LogP contribution is -2.10. The Hall–Kier alpha value is -1.71. The summed E-state index contributed by atoms with van der Waals surface area (Å²) in [7, 11) is 0. The van der Waals surface area contributed by atoms with Crippen LogP contribution in [0.15, 0.2) is 63.9 Å². The molecule has 3 heteroatoms. The zero-order valence-corrected chi connectivity index (χ0v) is 13.0. The van der Waals surface area contributed by atoms with Gasteiger partial charge in [-0.05, 0) is 41.6 Å². The first-order chi connectivity index (χ1) is 10.3. The second-order valence-electron chi connectivity index (χ2n) is 4.95. The maximum atomic E-state index is 5.81. The fraction of sp³-hybridized carbons (Fsp3) is 0.222. The van der Waals surface area contributed by atoms with E-state index in [-0.39, 0.29) is 0 Å². The number of furan rings is 1. The zero-order chi connectivity index (χ0) is 14.5. The number of thioether (sulfide) groups is 1. The van der Waals surface area contributed by atoms with Crippen molar-refractivity contribution in [3.63, 3.8) is 0 Å². The Labute approximate surface area is 129 Å². The molecule has 0 saturated heterocycles. The molecule has 0 aliphatic heterocycles. The topological polar surface area (TPSA) is 25.2 Å². The quantitative estimate of drug-likeness (QED) is 0.659. The number of fused-ring (bicyclic) bond motifs is 1. The molecular weight excluding hydrogens is 278 g/mol. The molecule has 1 heterocycles. The summed E-state index contributed by atoms with van der Waals surface area (Å²) >= 11 is 1.81. The maximum Gasteiger partial charge on any atom is 0.117 e. The molecule has 0 radical (unpaired) electrons. The van der Waals surface area contributed by atoms with E-state index in [1.54, 1.807) is 0 Å². The predicted molar refractivity (Wildman–Crippen MR) is 89.6 cm³/mol. The highest BCUT2D eigenvalue weighted by atomic mass is 32.2. The summed E-state index contributed by atoms with van der Waals surface area (Å²) in [5.74, 6) is 2.90. The molecule has 2 aromatic carbocycles. The number of benzene rings is 2. The van der Waals surface area contributed by atoms with Gasteiger partial charge in [0.05, 0.1) is 12.3 Å². The third-order valence-corrected chi connectivity index (χ3v) is 4.38. The van der Waals surface area contributed by atoms with E-state index in [0.717, 1.165) is 30.4 Å². The Morgan fingerprint density at radius 2 is 1.76 bits per heavy atom. The Morgan fingerprint density at radius 1 is 0.952 bits per heavy atom. The van der Waals surface area contributed by atoms with Crippen molar-refractivity contribution in [2.45, 2.75) is 24.1 Å². The van der Waals surface area contributed by atoms with Crippen molar-refractivity contribution >= 4 is 22.5 Å². The summed E-state index contributed by atoms with van der Waals surface area (Å²) in [4.78, 5) is 1.28. The molecule has 2 nitrogen and oxygen atoms in total. The van der Waals surface area contributed by atoms with E-state index in [0.29, 0.717) is 0 Å². The van der Waals surface area contributed by atoms with Gasteiger partial charge in [0, 0.05) is 4.90 Å². The smallest absolute Gasteiger partial charge is 0.117 e. The van der Waals surface area contributed by atoms with Crippen molar-refractivity contribution < 1.29 is 4.42 Å². The molecule has 0 atom stereocenters. The Kier molecular flexibility index (Phi) is 4.63. The van der Waals surface area contributed by atoms with Crippen molar-refractivity contribution in [1.82, 2.24) is 5.32 Å². The van der Waals surface area contributed by atoms with Gasteiger partial charge in [-0.2, -0.15) is 0 Å². The van der Waals surface area contributed by atoms with Crippen molar-refractivity contribution in [3.8, 4) is 0 Å². The summed E-state index contributed by atoms with van der Waals surface area (Å²) in [6, 6.07) is 19.2. The lowest BCUT2D eigenvalue weighted by atomic mass is 10.1. The van der Waals surface area contributed by atoms with Gasteiger partial charge in [-0.15, -0.1) is 11.8 Å². The van der Waals surface area contributed by atoms with Crippen molar-refractivity contribution in [2.75, 3.05) is 6.54 Å². The molecule has 0 aliphatic carbocycles. The fourth-order valence-electron chi connectivity index (χ4n) is 2.25. The third kappa shape index (κ3) is 3.69. The second kappa shape index (κ2) is 6.83. The number of hydrogen-bond donors (Lipinski definition) is 1. The van der Waals surface area contributed by atoms with E-state index in [9.17, 15) is 0 Å². The van der Waals surface area contributed by atoms with Crippen LogP contribution in [-0.2, 0) is 12.3 Å². The summed E-state index contributed by atoms with van der Waals surface area (Å²) in [5, 5.41) is 5.84. The largest absolute Gasteiger partial charge is 0.464 e. The lowest BCUT2D eigenvalue weighted by molar-refractivity contribution is 0.463. The second-order valence-corrected chi connectivity index (χ2v) is 5.99. The van der Waals surface area contributed by atoms with Crippen LogP contribution in [0.5, 0.6) is 0 Å². The SMILES string of the molecule is CCNCc1ccc(CSc2ccc3ccccc3c2)o1. The van der Waals surface area contributed by atoms with E-state index in [2.05, 4.69) is 66.8 Å².